The van der Waals surface area contributed by atoms with Crippen molar-refractivity contribution in [3.8, 4) is 5.88 Å². The van der Waals surface area contributed by atoms with Gasteiger partial charge in [0.15, 0.2) is 0 Å². The van der Waals surface area contributed by atoms with E-state index in [0.717, 1.165) is 0 Å². The van der Waals surface area contributed by atoms with Crippen LogP contribution in [0.5, 0.6) is 5.88 Å². The number of amides is 1. The SMILES string of the molecule is CNC(=O)/C=C/CNCCOc1ccc(/C(=C(\CC(F)(F)F)c2ccccc2)c2ccc3n[nH]c(F)c3c2)cn1. The molecule has 4 aromatic rings. The topological polar surface area (TPSA) is 91.9 Å². The largest absolute Gasteiger partial charge is 0.476 e. The zero-order valence-corrected chi connectivity index (χ0v) is 21.6. The molecule has 0 fully saturated rings. The van der Waals surface area contributed by atoms with E-state index >= 15 is 0 Å². The Hall–Kier alpha value is -4.51. The highest BCUT2D eigenvalue weighted by atomic mass is 19.4. The fourth-order valence-electron chi connectivity index (χ4n) is 4.10. The van der Waals surface area contributed by atoms with E-state index in [1.165, 1.54) is 18.3 Å². The number of likely N-dealkylation sites (N-methyl/N-ethyl adjacent to an activating group) is 1. The minimum atomic E-state index is -4.50. The third-order valence-corrected chi connectivity index (χ3v) is 5.93. The maximum atomic E-state index is 14.3. The van der Waals surface area contributed by atoms with Crippen LogP contribution >= 0.6 is 0 Å². The van der Waals surface area contributed by atoms with Gasteiger partial charge in [-0.3, -0.25) is 9.89 Å². The Balaban J connectivity index is 1.64. The first-order valence-corrected chi connectivity index (χ1v) is 12.4. The summed E-state index contributed by atoms with van der Waals surface area (Å²) in [6.45, 7) is 1.23. The number of aromatic nitrogens is 3. The molecule has 0 aliphatic heterocycles. The Morgan fingerprint density at radius 3 is 2.52 bits per heavy atom. The second kappa shape index (κ2) is 13.0. The van der Waals surface area contributed by atoms with Crippen LogP contribution in [0.1, 0.15) is 23.1 Å². The van der Waals surface area contributed by atoms with Crippen LogP contribution in [0.25, 0.3) is 22.0 Å². The molecule has 208 valence electrons. The van der Waals surface area contributed by atoms with Crippen molar-refractivity contribution >= 4 is 28.0 Å². The number of ether oxygens (including phenoxy) is 1. The lowest BCUT2D eigenvalue weighted by Crippen LogP contribution is -2.22. The molecule has 0 spiro atoms. The summed E-state index contributed by atoms with van der Waals surface area (Å²) in [5.74, 6) is -0.580. The first kappa shape index (κ1) is 28.5. The van der Waals surface area contributed by atoms with Crippen molar-refractivity contribution in [2.24, 2.45) is 0 Å². The number of halogens is 4. The van der Waals surface area contributed by atoms with Crippen molar-refractivity contribution in [2.45, 2.75) is 12.6 Å². The molecule has 4 rings (SSSR count). The Morgan fingerprint density at radius 1 is 1.05 bits per heavy atom. The second-order valence-electron chi connectivity index (χ2n) is 8.74. The van der Waals surface area contributed by atoms with Gasteiger partial charge in [-0.2, -0.15) is 22.7 Å². The third-order valence-electron chi connectivity index (χ3n) is 5.93. The van der Waals surface area contributed by atoms with Gasteiger partial charge in [0.25, 0.3) is 0 Å². The minimum Gasteiger partial charge on any atom is -0.476 e. The first-order valence-electron chi connectivity index (χ1n) is 12.4. The first-order chi connectivity index (χ1) is 19.2. The van der Waals surface area contributed by atoms with Gasteiger partial charge in [0.2, 0.25) is 17.7 Å². The van der Waals surface area contributed by atoms with Gasteiger partial charge >= 0.3 is 6.18 Å². The lowest BCUT2D eigenvalue weighted by Gasteiger charge is -2.19. The third kappa shape index (κ3) is 7.54. The van der Waals surface area contributed by atoms with Crippen LogP contribution in [-0.4, -0.2) is 54.0 Å². The summed E-state index contributed by atoms with van der Waals surface area (Å²) in [5, 5.41) is 11.9. The molecule has 2 heterocycles. The van der Waals surface area contributed by atoms with Crippen molar-refractivity contribution in [1.29, 1.82) is 0 Å². The monoisotopic (exact) mass is 553 g/mol. The van der Waals surface area contributed by atoms with Crippen LogP contribution in [0.3, 0.4) is 0 Å². The molecule has 0 radical (unpaired) electrons. The average molecular weight is 554 g/mol. The maximum Gasteiger partial charge on any atom is 0.393 e. The van der Waals surface area contributed by atoms with E-state index in [9.17, 15) is 22.4 Å². The van der Waals surface area contributed by atoms with E-state index in [0.29, 0.717) is 41.2 Å². The molecular formula is C29H27F4N5O2. The molecule has 0 bridgehead atoms. The van der Waals surface area contributed by atoms with Gasteiger partial charge in [-0.05, 0) is 40.5 Å². The van der Waals surface area contributed by atoms with Crippen molar-refractivity contribution in [1.82, 2.24) is 25.8 Å². The molecule has 11 heteroatoms. The highest BCUT2D eigenvalue weighted by Gasteiger charge is 2.31. The predicted octanol–water partition coefficient (Wildman–Crippen LogP) is 5.28. The molecule has 1 amide bonds. The van der Waals surface area contributed by atoms with Crippen LogP contribution in [0.2, 0.25) is 0 Å². The van der Waals surface area contributed by atoms with Crippen LogP contribution < -0.4 is 15.4 Å². The lowest BCUT2D eigenvalue weighted by atomic mass is 9.88. The number of nitrogens with zero attached hydrogens (tertiary/aromatic N) is 2. The summed E-state index contributed by atoms with van der Waals surface area (Å²) in [6.07, 6.45) is -1.16. The van der Waals surface area contributed by atoms with Gasteiger partial charge in [0, 0.05) is 44.0 Å². The van der Waals surface area contributed by atoms with Crippen molar-refractivity contribution < 1.29 is 27.1 Å². The van der Waals surface area contributed by atoms with Gasteiger partial charge < -0.3 is 15.4 Å². The fourth-order valence-corrected chi connectivity index (χ4v) is 4.10. The van der Waals surface area contributed by atoms with E-state index in [1.807, 2.05) is 0 Å². The molecule has 2 aromatic carbocycles. The molecule has 2 aromatic heterocycles. The van der Waals surface area contributed by atoms with E-state index in [1.54, 1.807) is 67.7 Å². The zero-order chi connectivity index (χ0) is 28.5. The van der Waals surface area contributed by atoms with Gasteiger partial charge in [0.1, 0.15) is 6.61 Å². The number of fused-ring (bicyclic) bond motifs is 1. The Labute approximate surface area is 228 Å². The van der Waals surface area contributed by atoms with Crippen molar-refractivity contribution in [2.75, 3.05) is 26.7 Å². The Morgan fingerprint density at radius 2 is 1.82 bits per heavy atom. The normalized spacial score (nSPS) is 12.5. The van der Waals surface area contributed by atoms with Gasteiger partial charge in [0.05, 0.1) is 17.3 Å². The van der Waals surface area contributed by atoms with Crippen LogP contribution in [0.15, 0.2) is 79.0 Å². The number of benzene rings is 2. The number of pyridine rings is 1. The van der Waals surface area contributed by atoms with E-state index < -0.39 is 18.5 Å². The quantitative estimate of drug-likeness (QED) is 0.102. The zero-order valence-electron chi connectivity index (χ0n) is 21.6. The van der Waals surface area contributed by atoms with Crippen LogP contribution in [0, 0.1) is 5.95 Å². The lowest BCUT2D eigenvalue weighted by molar-refractivity contribution is -0.123. The molecule has 0 saturated carbocycles. The summed E-state index contributed by atoms with van der Waals surface area (Å²) >= 11 is 0. The van der Waals surface area contributed by atoms with E-state index in [-0.39, 0.29) is 29.0 Å². The maximum absolute atomic E-state index is 14.3. The molecule has 40 heavy (non-hydrogen) atoms. The number of aromatic amines is 1. The molecule has 7 nitrogen and oxygen atoms in total. The number of allylic oxidation sites excluding steroid dienone is 1. The van der Waals surface area contributed by atoms with Crippen LogP contribution in [0.4, 0.5) is 17.6 Å². The Kier molecular flexibility index (Phi) is 9.28. The molecule has 0 aliphatic carbocycles. The fraction of sp³-hybridized carbons (Fsp3) is 0.207. The number of hydrogen-bond acceptors (Lipinski definition) is 5. The Bertz CT molecular complexity index is 1500. The van der Waals surface area contributed by atoms with Gasteiger partial charge in [-0.15, -0.1) is 0 Å². The molecule has 0 atom stereocenters. The standard InChI is InChI=1S/C29H27F4N5O2/c1-34-25(39)8-5-13-35-14-15-40-26-12-10-21(18-36-26)27(20-9-11-24-22(16-20)28(30)38-37-24)23(17-29(31,32)33)19-6-3-2-4-7-19/h2-12,16,18,35H,13-15,17H2,1H3,(H,34,39)(H,37,38)/b8-5+,27-23+. The summed E-state index contributed by atoms with van der Waals surface area (Å²) in [7, 11) is 1.54. The number of hydrogen-bond donors (Lipinski definition) is 3. The second-order valence-corrected chi connectivity index (χ2v) is 8.74. The number of H-pyrrole nitrogens is 1. The van der Waals surface area contributed by atoms with Gasteiger partial charge in [-0.1, -0.05) is 42.5 Å². The van der Waals surface area contributed by atoms with E-state index in [2.05, 4.69) is 25.8 Å². The molecule has 0 aliphatic rings. The number of nitrogens with one attached hydrogen (secondary N) is 3. The number of carbonyl (C=O) groups excluding carboxylic acids is 1. The average Bonchev–Trinajstić information content (AvgIpc) is 3.32. The van der Waals surface area contributed by atoms with Gasteiger partial charge in [-0.25, -0.2) is 4.98 Å². The molecular weight excluding hydrogens is 526 g/mol. The molecule has 0 unspecified atom stereocenters. The minimum absolute atomic E-state index is 0.0285. The van der Waals surface area contributed by atoms with Crippen molar-refractivity contribution in [3.63, 3.8) is 0 Å². The highest BCUT2D eigenvalue weighted by molar-refractivity contribution is 6.00. The smallest absolute Gasteiger partial charge is 0.393 e. The van der Waals surface area contributed by atoms with Crippen LogP contribution in [-0.2, 0) is 4.79 Å². The number of alkyl halides is 3. The highest BCUT2D eigenvalue weighted by Crippen LogP contribution is 2.40. The number of carbonyl (C=O) groups is 1. The summed E-state index contributed by atoms with van der Waals surface area (Å²) in [6, 6.07) is 16.1. The predicted molar refractivity (Wildman–Crippen MR) is 145 cm³/mol. The van der Waals surface area contributed by atoms with E-state index in [4.69, 9.17) is 4.74 Å². The summed E-state index contributed by atoms with van der Waals surface area (Å²) in [5.41, 5.74) is 1.85. The molecule has 3 N–H and O–H groups in total. The summed E-state index contributed by atoms with van der Waals surface area (Å²) < 4.78 is 61.5. The molecule has 0 saturated heterocycles. The number of rotatable bonds is 11. The van der Waals surface area contributed by atoms with Crippen molar-refractivity contribution in [3.05, 3.63) is 102 Å². The summed E-state index contributed by atoms with van der Waals surface area (Å²) in [4.78, 5) is 15.5.